The van der Waals surface area contributed by atoms with Gasteiger partial charge in [0.05, 0.1) is 12.3 Å². The molecule has 0 aliphatic carbocycles. The second kappa shape index (κ2) is 8.35. The summed E-state index contributed by atoms with van der Waals surface area (Å²) in [7, 11) is 0. The van der Waals surface area contributed by atoms with E-state index in [0.717, 1.165) is 18.7 Å². The minimum atomic E-state index is -0.0225. The number of nitrogens with zero attached hydrogens (tertiary/aromatic N) is 4. The van der Waals surface area contributed by atoms with Gasteiger partial charge in [-0.3, -0.25) is 9.59 Å². The Hall–Kier alpha value is -2.35. The molecule has 1 aliphatic heterocycles. The number of hydrogen-bond acceptors (Lipinski definition) is 6. The quantitative estimate of drug-likeness (QED) is 0.693. The average molecular weight is 374 g/mol. The van der Waals surface area contributed by atoms with E-state index in [1.807, 2.05) is 44.2 Å². The number of thioether (sulfide) groups is 1. The standard InChI is InChI=1S/C18H22N4O3S/c1-13(2)22(14-7-4-3-5-8-14)17(24)12-26-18-20-19-15(25-18)11-21-10-6-9-16(21)23/h3-5,7-8,13H,6,9-12H2,1-2H3. The SMILES string of the molecule is CC(C)N(C(=O)CSc1nnc(CN2CCCC2=O)o1)c1ccccc1. The van der Waals surface area contributed by atoms with Crippen LogP contribution >= 0.6 is 11.8 Å². The van der Waals surface area contributed by atoms with Gasteiger partial charge in [-0.15, -0.1) is 10.2 Å². The van der Waals surface area contributed by atoms with Crippen molar-refractivity contribution in [3.8, 4) is 0 Å². The summed E-state index contributed by atoms with van der Waals surface area (Å²) in [6.45, 7) is 5.02. The van der Waals surface area contributed by atoms with Gasteiger partial charge >= 0.3 is 0 Å². The van der Waals surface area contributed by atoms with Crippen LogP contribution in [-0.4, -0.2) is 45.3 Å². The van der Waals surface area contributed by atoms with Crippen molar-refractivity contribution >= 4 is 29.3 Å². The van der Waals surface area contributed by atoms with Crippen molar-refractivity contribution in [3.05, 3.63) is 36.2 Å². The summed E-state index contributed by atoms with van der Waals surface area (Å²) < 4.78 is 5.57. The first-order valence-corrected chi connectivity index (χ1v) is 9.63. The zero-order valence-corrected chi connectivity index (χ0v) is 15.7. The van der Waals surface area contributed by atoms with Crippen LogP contribution in [0.15, 0.2) is 40.0 Å². The lowest BCUT2D eigenvalue weighted by Crippen LogP contribution is -2.38. The minimum Gasteiger partial charge on any atom is -0.414 e. The molecule has 0 bridgehead atoms. The monoisotopic (exact) mass is 374 g/mol. The van der Waals surface area contributed by atoms with Crippen LogP contribution < -0.4 is 4.90 Å². The van der Waals surface area contributed by atoms with Crippen molar-refractivity contribution in [1.29, 1.82) is 0 Å². The highest BCUT2D eigenvalue weighted by atomic mass is 32.2. The lowest BCUT2D eigenvalue weighted by atomic mass is 10.2. The molecular weight excluding hydrogens is 352 g/mol. The number of carbonyl (C=O) groups is 2. The number of likely N-dealkylation sites (tertiary alicyclic amines) is 1. The molecule has 1 aromatic carbocycles. The molecule has 2 amide bonds. The van der Waals surface area contributed by atoms with Gasteiger partial charge in [0.25, 0.3) is 5.22 Å². The van der Waals surface area contributed by atoms with E-state index in [2.05, 4.69) is 10.2 Å². The average Bonchev–Trinajstić information content (AvgIpc) is 3.23. The van der Waals surface area contributed by atoms with E-state index < -0.39 is 0 Å². The molecule has 2 aromatic rings. The molecule has 0 N–H and O–H groups in total. The molecule has 3 rings (SSSR count). The van der Waals surface area contributed by atoms with E-state index in [4.69, 9.17) is 4.42 Å². The predicted molar refractivity (Wildman–Crippen MR) is 98.7 cm³/mol. The van der Waals surface area contributed by atoms with Gasteiger partial charge in [0.15, 0.2) is 0 Å². The van der Waals surface area contributed by atoms with Crippen molar-refractivity contribution < 1.29 is 14.0 Å². The first kappa shape index (κ1) is 18.4. The van der Waals surface area contributed by atoms with Crippen molar-refractivity contribution in [1.82, 2.24) is 15.1 Å². The molecule has 7 nitrogen and oxygen atoms in total. The predicted octanol–water partition coefficient (Wildman–Crippen LogP) is 2.73. The third-order valence-corrected chi connectivity index (χ3v) is 4.89. The molecule has 0 radical (unpaired) electrons. The van der Waals surface area contributed by atoms with Crippen LogP contribution in [0.5, 0.6) is 0 Å². The largest absolute Gasteiger partial charge is 0.414 e. The maximum Gasteiger partial charge on any atom is 0.277 e. The molecule has 8 heteroatoms. The summed E-state index contributed by atoms with van der Waals surface area (Å²) in [6.07, 6.45) is 1.45. The van der Waals surface area contributed by atoms with E-state index in [-0.39, 0.29) is 23.6 Å². The molecule has 0 saturated carbocycles. The third kappa shape index (κ3) is 4.43. The minimum absolute atomic E-state index is 0.0225. The molecule has 1 saturated heterocycles. The zero-order valence-electron chi connectivity index (χ0n) is 14.9. The lowest BCUT2D eigenvalue weighted by Gasteiger charge is -2.26. The highest BCUT2D eigenvalue weighted by Gasteiger charge is 2.23. The molecule has 26 heavy (non-hydrogen) atoms. The summed E-state index contributed by atoms with van der Waals surface area (Å²) in [4.78, 5) is 27.8. The fraction of sp³-hybridized carbons (Fsp3) is 0.444. The molecule has 138 valence electrons. The van der Waals surface area contributed by atoms with Crippen molar-refractivity contribution in [2.24, 2.45) is 0 Å². The normalized spacial score (nSPS) is 14.3. The first-order chi connectivity index (χ1) is 12.5. The topological polar surface area (TPSA) is 79.5 Å². The maximum absolute atomic E-state index is 12.6. The fourth-order valence-electron chi connectivity index (χ4n) is 2.91. The van der Waals surface area contributed by atoms with E-state index in [1.54, 1.807) is 9.80 Å². The molecule has 0 spiro atoms. The Morgan fingerprint density at radius 2 is 2.08 bits per heavy atom. The van der Waals surface area contributed by atoms with E-state index >= 15 is 0 Å². The van der Waals surface area contributed by atoms with Gasteiger partial charge in [-0.2, -0.15) is 0 Å². The highest BCUT2D eigenvalue weighted by molar-refractivity contribution is 7.99. The molecule has 0 atom stereocenters. The Morgan fingerprint density at radius 1 is 1.31 bits per heavy atom. The Labute approximate surface area is 156 Å². The number of para-hydroxylation sites is 1. The number of rotatable bonds is 7. The zero-order chi connectivity index (χ0) is 18.5. The summed E-state index contributed by atoms with van der Waals surface area (Å²) in [5.74, 6) is 0.699. The number of aromatic nitrogens is 2. The number of anilines is 1. The number of amides is 2. The van der Waals surface area contributed by atoms with Gasteiger partial charge in [0, 0.05) is 24.7 Å². The van der Waals surface area contributed by atoms with Crippen LogP contribution in [0.25, 0.3) is 0 Å². The number of benzene rings is 1. The van der Waals surface area contributed by atoms with Gasteiger partial charge in [0.2, 0.25) is 17.7 Å². The van der Waals surface area contributed by atoms with Gasteiger partial charge in [-0.05, 0) is 32.4 Å². The first-order valence-electron chi connectivity index (χ1n) is 8.64. The summed E-state index contributed by atoms with van der Waals surface area (Å²) >= 11 is 1.21. The van der Waals surface area contributed by atoms with Crippen LogP contribution in [0.1, 0.15) is 32.6 Å². The third-order valence-electron chi connectivity index (χ3n) is 4.08. The van der Waals surface area contributed by atoms with E-state index in [1.165, 1.54) is 11.8 Å². The molecule has 1 aromatic heterocycles. The Balaban J connectivity index is 1.58. The summed E-state index contributed by atoms with van der Waals surface area (Å²) in [5, 5.41) is 8.29. The van der Waals surface area contributed by atoms with Gasteiger partial charge in [0.1, 0.15) is 0 Å². The van der Waals surface area contributed by atoms with Crippen LogP contribution in [0, 0.1) is 0 Å². The maximum atomic E-state index is 12.6. The van der Waals surface area contributed by atoms with Gasteiger partial charge < -0.3 is 14.2 Å². The fourth-order valence-corrected chi connectivity index (χ4v) is 3.55. The van der Waals surface area contributed by atoms with Crippen molar-refractivity contribution in [3.63, 3.8) is 0 Å². The van der Waals surface area contributed by atoms with Gasteiger partial charge in [-0.25, -0.2) is 0 Å². The van der Waals surface area contributed by atoms with Crippen LogP contribution in [0.4, 0.5) is 5.69 Å². The second-order valence-corrected chi connectivity index (χ2v) is 7.29. The molecule has 0 unspecified atom stereocenters. The van der Waals surface area contributed by atoms with Crippen molar-refractivity contribution in [2.45, 2.75) is 44.5 Å². The molecule has 1 fully saturated rings. The van der Waals surface area contributed by atoms with E-state index in [9.17, 15) is 9.59 Å². The van der Waals surface area contributed by atoms with Crippen LogP contribution in [0.2, 0.25) is 0 Å². The number of carbonyl (C=O) groups excluding carboxylic acids is 2. The van der Waals surface area contributed by atoms with Crippen LogP contribution in [-0.2, 0) is 16.1 Å². The van der Waals surface area contributed by atoms with E-state index in [0.29, 0.717) is 24.1 Å². The highest BCUT2D eigenvalue weighted by Crippen LogP contribution is 2.22. The smallest absolute Gasteiger partial charge is 0.277 e. The van der Waals surface area contributed by atoms with Gasteiger partial charge in [-0.1, -0.05) is 30.0 Å². The van der Waals surface area contributed by atoms with Crippen LogP contribution in [0.3, 0.4) is 0 Å². The lowest BCUT2D eigenvalue weighted by molar-refractivity contribution is -0.128. The number of hydrogen-bond donors (Lipinski definition) is 0. The Morgan fingerprint density at radius 3 is 2.73 bits per heavy atom. The second-order valence-electron chi connectivity index (χ2n) is 6.36. The summed E-state index contributed by atoms with van der Waals surface area (Å²) in [6, 6.07) is 9.63. The Kier molecular flexibility index (Phi) is 5.92. The molecule has 1 aliphatic rings. The van der Waals surface area contributed by atoms with Crippen molar-refractivity contribution in [2.75, 3.05) is 17.2 Å². The Bertz CT molecular complexity index is 763. The summed E-state index contributed by atoms with van der Waals surface area (Å²) in [5.41, 5.74) is 0.867. The molecule has 2 heterocycles. The molecular formula is C18H22N4O3S.